The van der Waals surface area contributed by atoms with Gasteiger partial charge in [-0.05, 0) is 19.1 Å². The van der Waals surface area contributed by atoms with E-state index in [1.165, 1.54) is 0 Å². The number of aryl methyl sites for hydroxylation is 1. The number of hydrogen-bond donors (Lipinski definition) is 0. The molecule has 92 valence electrons. The van der Waals surface area contributed by atoms with Crippen molar-refractivity contribution in [2.45, 2.75) is 19.9 Å². The number of halogens is 1. The normalized spacial score (nSPS) is 10.3. The lowest BCUT2D eigenvalue weighted by Gasteiger charge is -2.02. The minimum atomic E-state index is 0.149. The van der Waals surface area contributed by atoms with Crippen LogP contribution in [0.2, 0.25) is 0 Å². The Labute approximate surface area is 115 Å². The molecule has 1 aromatic carbocycles. The van der Waals surface area contributed by atoms with Gasteiger partial charge in [0.05, 0.1) is 6.42 Å². The van der Waals surface area contributed by atoms with E-state index in [0.717, 1.165) is 22.3 Å². The first-order valence-corrected chi connectivity index (χ1v) is 6.76. The molecular formula is C15H15BrNO+. The molecular weight excluding hydrogens is 290 g/mol. The van der Waals surface area contributed by atoms with Gasteiger partial charge in [0.25, 0.3) is 0 Å². The largest absolute Gasteiger partial charge is 0.294 e. The van der Waals surface area contributed by atoms with E-state index in [0.29, 0.717) is 6.42 Å². The Morgan fingerprint density at radius 3 is 2.56 bits per heavy atom. The zero-order valence-corrected chi connectivity index (χ0v) is 11.9. The molecule has 1 aromatic heterocycles. The van der Waals surface area contributed by atoms with Crippen molar-refractivity contribution in [2.75, 3.05) is 0 Å². The summed E-state index contributed by atoms with van der Waals surface area (Å²) in [5.41, 5.74) is 1.80. The Bertz CT molecular complexity index is 549. The maximum Gasteiger partial charge on any atom is 0.189 e. The van der Waals surface area contributed by atoms with Gasteiger partial charge in [-0.1, -0.05) is 34.1 Å². The molecule has 3 heteroatoms. The molecule has 18 heavy (non-hydrogen) atoms. The van der Waals surface area contributed by atoms with Crippen LogP contribution in [-0.2, 0) is 13.0 Å². The van der Waals surface area contributed by atoms with Gasteiger partial charge in [-0.25, -0.2) is 4.57 Å². The number of aromatic nitrogens is 1. The van der Waals surface area contributed by atoms with E-state index >= 15 is 0 Å². The second kappa shape index (κ2) is 5.91. The number of Topliss-reactive ketones (excluding diaryl/α,β-unsaturated/α-hetero) is 1. The third-order valence-corrected chi connectivity index (χ3v) is 3.41. The molecule has 0 amide bonds. The second-order valence-electron chi connectivity index (χ2n) is 4.08. The SMILES string of the molecule is CC[n+]1ccccc1CC(=O)c1ccc(Br)cc1. The summed E-state index contributed by atoms with van der Waals surface area (Å²) < 4.78 is 3.08. The van der Waals surface area contributed by atoms with Crippen LogP contribution in [0.25, 0.3) is 0 Å². The first-order chi connectivity index (χ1) is 8.70. The van der Waals surface area contributed by atoms with Crippen molar-refractivity contribution >= 4 is 21.7 Å². The molecule has 2 nitrogen and oxygen atoms in total. The summed E-state index contributed by atoms with van der Waals surface area (Å²) in [6.07, 6.45) is 2.44. The molecule has 0 N–H and O–H groups in total. The lowest BCUT2D eigenvalue weighted by molar-refractivity contribution is -0.700. The van der Waals surface area contributed by atoms with Crippen LogP contribution in [0.5, 0.6) is 0 Å². The number of hydrogen-bond acceptors (Lipinski definition) is 1. The van der Waals surface area contributed by atoms with Crippen molar-refractivity contribution in [3.8, 4) is 0 Å². The number of carbonyl (C=O) groups excluding carboxylic acids is 1. The molecule has 0 aliphatic heterocycles. The highest BCUT2D eigenvalue weighted by atomic mass is 79.9. The Balaban J connectivity index is 2.18. The molecule has 0 fully saturated rings. The predicted molar refractivity (Wildman–Crippen MR) is 74.5 cm³/mol. The van der Waals surface area contributed by atoms with Crippen molar-refractivity contribution < 1.29 is 9.36 Å². The average molecular weight is 305 g/mol. The molecule has 1 heterocycles. The van der Waals surface area contributed by atoms with Gasteiger partial charge in [-0.2, -0.15) is 0 Å². The summed E-state index contributed by atoms with van der Waals surface area (Å²) in [7, 11) is 0. The fourth-order valence-corrected chi connectivity index (χ4v) is 2.15. The van der Waals surface area contributed by atoms with Crippen molar-refractivity contribution in [2.24, 2.45) is 0 Å². The van der Waals surface area contributed by atoms with Gasteiger partial charge >= 0.3 is 0 Å². The molecule has 2 aromatic rings. The zero-order valence-electron chi connectivity index (χ0n) is 10.3. The van der Waals surface area contributed by atoms with Crippen LogP contribution in [0, 0.1) is 0 Å². The van der Waals surface area contributed by atoms with E-state index in [4.69, 9.17) is 0 Å². The summed E-state index contributed by atoms with van der Waals surface area (Å²) in [4.78, 5) is 12.2. The number of benzene rings is 1. The highest BCUT2D eigenvalue weighted by Gasteiger charge is 2.14. The highest BCUT2D eigenvalue weighted by Crippen LogP contribution is 2.12. The van der Waals surface area contributed by atoms with Gasteiger partial charge in [0.2, 0.25) is 0 Å². The molecule has 0 aliphatic carbocycles. The number of pyridine rings is 1. The second-order valence-corrected chi connectivity index (χ2v) is 5.00. The van der Waals surface area contributed by atoms with Crippen molar-refractivity contribution in [1.29, 1.82) is 0 Å². The van der Waals surface area contributed by atoms with Crippen molar-refractivity contribution in [1.82, 2.24) is 0 Å². The zero-order chi connectivity index (χ0) is 13.0. The fourth-order valence-electron chi connectivity index (χ4n) is 1.88. The Morgan fingerprint density at radius 1 is 1.17 bits per heavy atom. The highest BCUT2D eigenvalue weighted by molar-refractivity contribution is 9.10. The van der Waals surface area contributed by atoms with E-state index in [-0.39, 0.29) is 5.78 Å². The molecule has 0 aliphatic rings. The van der Waals surface area contributed by atoms with Crippen LogP contribution in [-0.4, -0.2) is 5.78 Å². The standard InChI is InChI=1S/C15H15BrNO/c1-2-17-10-4-3-5-14(17)11-15(18)12-6-8-13(16)9-7-12/h3-10H,2,11H2,1H3/q+1. The maximum absolute atomic E-state index is 12.2. The first kappa shape index (κ1) is 13.0. The lowest BCUT2D eigenvalue weighted by Crippen LogP contribution is -2.37. The summed E-state index contributed by atoms with van der Waals surface area (Å²) in [6, 6.07) is 13.4. The topological polar surface area (TPSA) is 20.9 Å². The van der Waals surface area contributed by atoms with Crippen LogP contribution in [0.3, 0.4) is 0 Å². The van der Waals surface area contributed by atoms with E-state index in [1.54, 1.807) is 0 Å². The molecule has 0 bridgehead atoms. The van der Waals surface area contributed by atoms with Crippen LogP contribution in [0.1, 0.15) is 23.0 Å². The number of rotatable bonds is 4. The molecule has 0 unspecified atom stereocenters. The smallest absolute Gasteiger partial charge is 0.189 e. The van der Waals surface area contributed by atoms with Crippen molar-refractivity contribution in [3.63, 3.8) is 0 Å². The van der Waals surface area contributed by atoms with Crippen LogP contribution in [0.4, 0.5) is 0 Å². The van der Waals surface area contributed by atoms with Gasteiger partial charge in [-0.3, -0.25) is 4.79 Å². The van der Waals surface area contributed by atoms with Gasteiger partial charge < -0.3 is 0 Å². The quantitative estimate of drug-likeness (QED) is 0.628. The first-order valence-electron chi connectivity index (χ1n) is 5.97. The van der Waals surface area contributed by atoms with Gasteiger partial charge in [0.15, 0.2) is 17.7 Å². The monoisotopic (exact) mass is 304 g/mol. The molecule has 0 saturated heterocycles. The van der Waals surface area contributed by atoms with Crippen LogP contribution >= 0.6 is 15.9 Å². The third kappa shape index (κ3) is 3.05. The molecule has 0 spiro atoms. The molecule has 0 saturated carbocycles. The number of carbonyl (C=O) groups is 1. The van der Waals surface area contributed by atoms with E-state index in [1.807, 2.05) is 48.7 Å². The molecule has 0 radical (unpaired) electrons. The minimum absolute atomic E-state index is 0.149. The fraction of sp³-hybridized carbons (Fsp3) is 0.200. The third-order valence-electron chi connectivity index (χ3n) is 2.88. The van der Waals surface area contributed by atoms with Gasteiger partial charge in [0.1, 0.15) is 6.54 Å². The van der Waals surface area contributed by atoms with Crippen LogP contribution in [0.15, 0.2) is 53.1 Å². The summed E-state index contributed by atoms with van der Waals surface area (Å²) >= 11 is 3.37. The lowest BCUT2D eigenvalue weighted by atomic mass is 10.1. The molecule has 2 rings (SSSR count). The van der Waals surface area contributed by atoms with E-state index in [2.05, 4.69) is 27.4 Å². The van der Waals surface area contributed by atoms with Gasteiger partial charge in [0, 0.05) is 22.2 Å². The summed E-state index contributed by atoms with van der Waals surface area (Å²) in [5.74, 6) is 0.149. The average Bonchev–Trinajstić information content (AvgIpc) is 2.40. The number of ketones is 1. The van der Waals surface area contributed by atoms with Crippen molar-refractivity contribution in [3.05, 3.63) is 64.4 Å². The van der Waals surface area contributed by atoms with Crippen LogP contribution < -0.4 is 4.57 Å². The summed E-state index contributed by atoms with van der Waals surface area (Å²) in [6.45, 7) is 2.96. The number of nitrogens with zero attached hydrogens (tertiary/aromatic N) is 1. The Hall–Kier alpha value is -1.48. The van der Waals surface area contributed by atoms with E-state index < -0.39 is 0 Å². The predicted octanol–water partition coefficient (Wildman–Crippen LogP) is 3.18. The Kier molecular flexibility index (Phi) is 4.26. The minimum Gasteiger partial charge on any atom is -0.294 e. The maximum atomic E-state index is 12.2. The van der Waals surface area contributed by atoms with Gasteiger partial charge in [-0.15, -0.1) is 0 Å². The Morgan fingerprint density at radius 2 is 1.89 bits per heavy atom. The molecule has 0 atom stereocenters. The van der Waals surface area contributed by atoms with E-state index in [9.17, 15) is 4.79 Å². The summed E-state index contributed by atoms with van der Waals surface area (Å²) in [5, 5.41) is 0.